The molecule has 3 atom stereocenters. The molecule has 1 aliphatic carbocycles. The number of halogens is 1. The molecule has 2 fully saturated rings. The average Bonchev–Trinajstić information content (AvgIpc) is 2.88. The van der Waals surface area contributed by atoms with Crippen molar-refractivity contribution < 1.29 is 19.4 Å². The SMILES string of the molecule is CC(C)N1CC(C)(COC2CCCCO2)C2CC(C(=O)O)=CC(Br)=C21. The maximum absolute atomic E-state index is 11.5. The van der Waals surface area contributed by atoms with E-state index >= 15 is 0 Å². The predicted octanol–water partition coefficient (Wildman–Crippen LogP) is 3.90. The number of allylic oxidation sites excluding steroid dienone is 3. The Morgan fingerprint density at radius 1 is 1.52 bits per heavy atom. The molecule has 2 saturated heterocycles. The van der Waals surface area contributed by atoms with Crippen LogP contribution in [0.15, 0.2) is 21.8 Å². The maximum atomic E-state index is 11.5. The van der Waals surface area contributed by atoms with Crippen LogP contribution in [0.2, 0.25) is 0 Å². The molecule has 0 bridgehead atoms. The Labute approximate surface area is 158 Å². The molecule has 2 aliphatic heterocycles. The molecule has 2 heterocycles. The lowest BCUT2D eigenvalue weighted by Gasteiger charge is -2.34. The summed E-state index contributed by atoms with van der Waals surface area (Å²) in [5, 5.41) is 9.48. The molecule has 3 rings (SSSR count). The van der Waals surface area contributed by atoms with Gasteiger partial charge in [0.05, 0.1) is 6.61 Å². The van der Waals surface area contributed by atoms with Gasteiger partial charge >= 0.3 is 5.97 Å². The standard InChI is InChI=1S/C19H28BrNO4/c1-12(2)21-10-19(3,11-25-16-6-4-5-7-24-16)14-8-13(18(22)23)9-15(20)17(14)21/h9,12,14,16H,4-8,10-11H2,1-3H3,(H,22,23). The summed E-state index contributed by atoms with van der Waals surface area (Å²) in [6.45, 7) is 8.80. The summed E-state index contributed by atoms with van der Waals surface area (Å²) in [4.78, 5) is 13.9. The van der Waals surface area contributed by atoms with Crippen molar-refractivity contribution in [2.24, 2.45) is 11.3 Å². The van der Waals surface area contributed by atoms with Crippen molar-refractivity contribution in [2.45, 2.75) is 58.8 Å². The van der Waals surface area contributed by atoms with E-state index in [1.807, 2.05) is 0 Å². The Hall–Kier alpha value is -0.850. The molecule has 5 nitrogen and oxygen atoms in total. The molecule has 0 radical (unpaired) electrons. The molecule has 140 valence electrons. The van der Waals surface area contributed by atoms with Gasteiger partial charge in [-0.15, -0.1) is 0 Å². The lowest BCUT2D eigenvalue weighted by Crippen LogP contribution is -2.37. The first-order chi connectivity index (χ1) is 11.8. The fourth-order valence-corrected chi connectivity index (χ4v) is 4.93. The van der Waals surface area contributed by atoms with Crippen LogP contribution < -0.4 is 0 Å². The molecule has 0 saturated carbocycles. The van der Waals surface area contributed by atoms with E-state index < -0.39 is 5.97 Å². The van der Waals surface area contributed by atoms with Crippen LogP contribution in [-0.2, 0) is 14.3 Å². The van der Waals surface area contributed by atoms with Crippen LogP contribution in [0, 0.1) is 11.3 Å². The molecule has 0 spiro atoms. The first-order valence-electron chi connectivity index (χ1n) is 9.15. The zero-order valence-corrected chi connectivity index (χ0v) is 16.8. The Balaban J connectivity index is 1.82. The fourth-order valence-electron chi connectivity index (χ4n) is 4.15. The third-order valence-corrected chi connectivity index (χ3v) is 6.25. The van der Waals surface area contributed by atoms with Crippen LogP contribution in [0.4, 0.5) is 0 Å². The van der Waals surface area contributed by atoms with Crippen LogP contribution in [0.5, 0.6) is 0 Å². The zero-order chi connectivity index (χ0) is 18.2. The van der Waals surface area contributed by atoms with Gasteiger partial charge in [0, 0.05) is 46.3 Å². The van der Waals surface area contributed by atoms with Crippen LogP contribution in [-0.4, -0.2) is 48.1 Å². The first-order valence-corrected chi connectivity index (χ1v) is 9.94. The first kappa shape index (κ1) is 18.9. The van der Waals surface area contributed by atoms with E-state index in [4.69, 9.17) is 9.47 Å². The molecule has 0 amide bonds. The minimum absolute atomic E-state index is 0.118. The van der Waals surface area contributed by atoms with E-state index in [1.54, 1.807) is 6.08 Å². The number of fused-ring (bicyclic) bond motifs is 1. The minimum Gasteiger partial charge on any atom is -0.478 e. The topological polar surface area (TPSA) is 59.0 Å². The van der Waals surface area contributed by atoms with Gasteiger partial charge in [0.1, 0.15) is 0 Å². The van der Waals surface area contributed by atoms with Gasteiger partial charge in [-0.2, -0.15) is 0 Å². The van der Waals surface area contributed by atoms with Crippen molar-refractivity contribution in [2.75, 3.05) is 19.8 Å². The molecule has 0 aromatic carbocycles. The van der Waals surface area contributed by atoms with Crippen molar-refractivity contribution in [1.82, 2.24) is 4.90 Å². The van der Waals surface area contributed by atoms with E-state index in [9.17, 15) is 9.90 Å². The second-order valence-electron chi connectivity index (χ2n) is 7.95. The number of nitrogens with zero attached hydrogens (tertiary/aromatic N) is 1. The van der Waals surface area contributed by atoms with Gasteiger partial charge in [-0.05, 0) is 61.5 Å². The fraction of sp³-hybridized carbons (Fsp3) is 0.737. The quantitative estimate of drug-likeness (QED) is 0.740. The summed E-state index contributed by atoms with van der Waals surface area (Å²) in [5.74, 6) is -0.693. The lowest BCUT2D eigenvalue weighted by molar-refractivity contribution is -0.179. The normalized spacial score (nSPS) is 32.8. The second kappa shape index (κ2) is 7.41. The largest absolute Gasteiger partial charge is 0.478 e. The van der Waals surface area contributed by atoms with Crippen LogP contribution in [0.1, 0.15) is 46.5 Å². The van der Waals surface area contributed by atoms with E-state index in [-0.39, 0.29) is 17.6 Å². The van der Waals surface area contributed by atoms with Crippen molar-refractivity contribution >= 4 is 21.9 Å². The van der Waals surface area contributed by atoms with Crippen molar-refractivity contribution in [3.8, 4) is 0 Å². The number of hydrogen-bond acceptors (Lipinski definition) is 4. The summed E-state index contributed by atoms with van der Waals surface area (Å²) in [6.07, 6.45) is 5.39. The Morgan fingerprint density at radius 2 is 2.28 bits per heavy atom. The van der Waals surface area contributed by atoms with E-state index in [0.29, 0.717) is 24.6 Å². The van der Waals surface area contributed by atoms with E-state index in [0.717, 1.165) is 36.9 Å². The molecule has 0 aromatic rings. The number of carboxylic acid groups (broad SMARTS) is 1. The molecule has 0 aromatic heterocycles. The van der Waals surface area contributed by atoms with Crippen LogP contribution >= 0.6 is 15.9 Å². The highest BCUT2D eigenvalue weighted by Gasteiger charge is 2.50. The number of ether oxygens (including phenoxy) is 2. The van der Waals surface area contributed by atoms with Crippen molar-refractivity contribution in [3.63, 3.8) is 0 Å². The summed E-state index contributed by atoms with van der Waals surface area (Å²) < 4.78 is 12.7. The third-order valence-electron chi connectivity index (χ3n) is 5.62. The number of aliphatic carboxylic acids is 1. The number of rotatable bonds is 5. The summed E-state index contributed by atoms with van der Waals surface area (Å²) in [7, 11) is 0. The predicted molar refractivity (Wildman–Crippen MR) is 99.3 cm³/mol. The van der Waals surface area contributed by atoms with Gasteiger partial charge in [-0.1, -0.05) is 6.92 Å². The highest BCUT2D eigenvalue weighted by Crippen LogP contribution is 2.51. The Morgan fingerprint density at radius 3 is 2.88 bits per heavy atom. The van der Waals surface area contributed by atoms with Crippen molar-refractivity contribution in [3.05, 3.63) is 21.8 Å². The van der Waals surface area contributed by atoms with E-state index in [2.05, 4.69) is 41.6 Å². The molecule has 3 aliphatic rings. The molecular formula is C19H28BrNO4. The zero-order valence-electron chi connectivity index (χ0n) is 15.3. The van der Waals surface area contributed by atoms with Gasteiger partial charge < -0.3 is 19.5 Å². The number of carboxylic acids is 1. The van der Waals surface area contributed by atoms with E-state index in [1.165, 1.54) is 5.70 Å². The molecule has 1 N–H and O–H groups in total. The second-order valence-corrected chi connectivity index (χ2v) is 8.80. The molecule has 3 unspecified atom stereocenters. The monoisotopic (exact) mass is 413 g/mol. The summed E-state index contributed by atoms with van der Waals surface area (Å²) in [5.41, 5.74) is 1.55. The molecular weight excluding hydrogens is 386 g/mol. The number of carbonyl (C=O) groups is 1. The lowest BCUT2D eigenvalue weighted by atomic mass is 9.74. The molecule has 25 heavy (non-hydrogen) atoms. The maximum Gasteiger partial charge on any atom is 0.331 e. The third kappa shape index (κ3) is 3.81. The van der Waals surface area contributed by atoms with Gasteiger partial charge in [0.25, 0.3) is 0 Å². The van der Waals surface area contributed by atoms with Gasteiger partial charge in [-0.25, -0.2) is 4.79 Å². The Bertz CT molecular complexity index is 594. The van der Waals surface area contributed by atoms with Crippen LogP contribution in [0.25, 0.3) is 0 Å². The summed E-state index contributed by atoms with van der Waals surface area (Å²) in [6, 6.07) is 0.359. The highest BCUT2D eigenvalue weighted by molar-refractivity contribution is 9.11. The van der Waals surface area contributed by atoms with Crippen molar-refractivity contribution in [1.29, 1.82) is 0 Å². The minimum atomic E-state index is -0.835. The Kier molecular flexibility index (Phi) is 5.61. The van der Waals surface area contributed by atoms with Gasteiger partial charge in [-0.3, -0.25) is 0 Å². The van der Waals surface area contributed by atoms with Gasteiger partial charge in [0.15, 0.2) is 6.29 Å². The van der Waals surface area contributed by atoms with Gasteiger partial charge in [0.2, 0.25) is 0 Å². The van der Waals surface area contributed by atoms with Crippen LogP contribution in [0.3, 0.4) is 0 Å². The average molecular weight is 414 g/mol. The highest BCUT2D eigenvalue weighted by atomic mass is 79.9. The summed E-state index contributed by atoms with van der Waals surface area (Å²) >= 11 is 3.62. The number of likely N-dealkylation sites (tertiary alicyclic amines) is 1. The smallest absolute Gasteiger partial charge is 0.331 e. The molecule has 6 heteroatoms. The number of hydrogen-bond donors (Lipinski definition) is 1.